The summed E-state index contributed by atoms with van der Waals surface area (Å²) in [6, 6.07) is 74.2. The van der Waals surface area contributed by atoms with Crippen LogP contribution in [-0.4, -0.2) is 0 Å². The predicted molar refractivity (Wildman–Crippen MR) is 256 cm³/mol. The summed E-state index contributed by atoms with van der Waals surface area (Å²) >= 11 is 1.85. The van der Waals surface area contributed by atoms with Crippen LogP contribution in [0, 0.1) is 0 Å². The fourth-order valence-corrected chi connectivity index (χ4v) is 12.2. The third kappa shape index (κ3) is 4.73. The highest BCUT2D eigenvalue weighted by Crippen LogP contribution is 2.62. The first-order valence-corrected chi connectivity index (χ1v) is 22.0. The lowest BCUT2D eigenvalue weighted by molar-refractivity contribution is 0.563. The van der Waals surface area contributed by atoms with E-state index < -0.39 is 5.41 Å². The van der Waals surface area contributed by atoms with E-state index in [0.29, 0.717) is 0 Å². The number of rotatable bonds is 4. The van der Waals surface area contributed by atoms with Crippen molar-refractivity contribution in [1.29, 1.82) is 0 Å². The molecule has 0 atom stereocenters. The first-order valence-electron chi connectivity index (χ1n) is 21.2. The van der Waals surface area contributed by atoms with Gasteiger partial charge in [-0.1, -0.05) is 159 Å². The lowest BCUT2D eigenvalue weighted by Crippen LogP contribution is -2.40. The number of para-hydroxylation sites is 1. The van der Waals surface area contributed by atoms with Crippen molar-refractivity contribution in [3.8, 4) is 22.3 Å². The van der Waals surface area contributed by atoms with Crippen LogP contribution in [0.4, 0.5) is 17.1 Å². The zero-order chi connectivity index (χ0) is 40.5. The van der Waals surface area contributed by atoms with Crippen molar-refractivity contribution in [3.05, 3.63) is 234 Å². The van der Waals surface area contributed by atoms with Gasteiger partial charge in [0.05, 0.1) is 16.5 Å². The van der Waals surface area contributed by atoms with Crippen molar-refractivity contribution in [2.45, 2.75) is 24.7 Å². The molecule has 0 N–H and O–H groups in total. The maximum atomic E-state index is 6.44. The Balaban J connectivity index is 0.994. The van der Waals surface area contributed by atoms with E-state index in [-0.39, 0.29) is 5.41 Å². The van der Waals surface area contributed by atoms with Crippen LogP contribution < -0.4 is 4.90 Å². The maximum absolute atomic E-state index is 6.44. The Labute approximate surface area is 358 Å². The summed E-state index contributed by atoms with van der Waals surface area (Å²) in [6.07, 6.45) is 0. The summed E-state index contributed by atoms with van der Waals surface area (Å²) in [5.74, 6) is 0. The van der Waals surface area contributed by atoms with E-state index in [1.165, 1.54) is 75.8 Å². The number of fused-ring (bicyclic) bond motifs is 15. The summed E-state index contributed by atoms with van der Waals surface area (Å²) < 4.78 is 9.01. The molecule has 0 fully saturated rings. The molecule has 2 aliphatic rings. The van der Waals surface area contributed by atoms with Gasteiger partial charge in [0.1, 0.15) is 11.2 Å². The van der Waals surface area contributed by atoms with Crippen LogP contribution in [0.25, 0.3) is 64.4 Å². The highest BCUT2D eigenvalue weighted by Gasteiger charge is 2.53. The Bertz CT molecular complexity index is 3540. The topological polar surface area (TPSA) is 16.4 Å². The second-order valence-electron chi connectivity index (χ2n) is 17.2. The van der Waals surface area contributed by atoms with Gasteiger partial charge in [0, 0.05) is 42.3 Å². The number of benzene rings is 9. The van der Waals surface area contributed by atoms with Crippen LogP contribution >= 0.6 is 11.3 Å². The minimum Gasteiger partial charge on any atom is -0.456 e. The molecule has 2 aromatic heterocycles. The molecule has 2 nitrogen and oxygen atoms in total. The summed E-state index contributed by atoms with van der Waals surface area (Å²) in [7, 11) is 0. The van der Waals surface area contributed by atoms with E-state index in [1.807, 2.05) is 17.4 Å². The number of hydrogen-bond acceptors (Lipinski definition) is 3. The molecule has 0 saturated heterocycles. The van der Waals surface area contributed by atoms with E-state index >= 15 is 0 Å². The molecule has 61 heavy (non-hydrogen) atoms. The van der Waals surface area contributed by atoms with Gasteiger partial charge in [-0.15, -0.1) is 11.3 Å². The van der Waals surface area contributed by atoms with Gasteiger partial charge in [-0.2, -0.15) is 0 Å². The molecular formula is C58H39NOS. The molecule has 13 rings (SSSR count). The van der Waals surface area contributed by atoms with Gasteiger partial charge in [0.15, 0.2) is 0 Å². The van der Waals surface area contributed by atoms with Crippen molar-refractivity contribution in [2.24, 2.45) is 0 Å². The third-order valence-electron chi connectivity index (χ3n) is 13.8. The van der Waals surface area contributed by atoms with Crippen molar-refractivity contribution in [3.63, 3.8) is 0 Å². The fourth-order valence-electron chi connectivity index (χ4n) is 11.1. The smallest absolute Gasteiger partial charge is 0.137 e. The number of hydrogen-bond donors (Lipinski definition) is 0. The van der Waals surface area contributed by atoms with Crippen molar-refractivity contribution in [1.82, 2.24) is 0 Å². The average molecular weight is 798 g/mol. The van der Waals surface area contributed by atoms with Crippen LogP contribution in [0.15, 0.2) is 205 Å². The second kappa shape index (κ2) is 12.7. The van der Waals surface area contributed by atoms with Gasteiger partial charge >= 0.3 is 0 Å². The Morgan fingerprint density at radius 3 is 1.79 bits per heavy atom. The molecule has 0 amide bonds. The van der Waals surface area contributed by atoms with Crippen LogP contribution in [-0.2, 0) is 10.8 Å². The number of anilines is 3. The zero-order valence-corrected chi connectivity index (χ0v) is 34.6. The van der Waals surface area contributed by atoms with Crippen LogP contribution in [0.3, 0.4) is 0 Å². The van der Waals surface area contributed by atoms with Gasteiger partial charge in [0.25, 0.3) is 0 Å². The average Bonchev–Trinajstić information content (AvgIpc) is 3.97. The SMILES string of the molecule is CC1(C)c2ccccc2C2(c3ccccc3-c3ccc(-c4ccc(N(c5ccc6c(c5)sc5ccccc56)c5cccc6oc7ccccc7c56)cc4)cc32)c2ccccc21. The van der Waals surface area contributed by atoms with Crippen molar-refractivity contribution >= 4 is 70.5 Å². The summed E-state index contributed by atoms with van der Waals surface area (Å²) in [5, 5.41) is 4.81. The van der Waals surface area contributed by atoms with Gasteiger partial charge in [-0.05, 0) is 110 Å². The van der Waals surface area contributed by atoms with Gasteiger partial charge in [-0.3, -0.25) is 0 Å². The largest absolute Gasteiger partial charge is 0.456 e. The fraction of sp³-hybridized carbons (Fsp3) is 0.0690. The third-order valence-corrected chi connectivity index (χ3v) is 14.9. The number of nitrogens with zero attached hydrogens (tertiary/aromatic N) is 1. The first-order chi connectivity index (χ1) is 30.0. The number of furan rings is 1. The Hall–Kier alpha value is -7.20. The van der Waals surface area contributed by atoms with Crippen molar-refractivity contribution in [2.75, 3.05) is 4.90 Å². The van der Waals surface area contributed by atoms with E-state index in [9.17, 15) is 0 Å². The van der Waals surface area contributed by atoms with Crippen LogP contribution in [0.5, 0.6) is 0 Å². The quantitative estimate of drug-likeness (QED) is 0.176. The number of thiophene rings is 1. The van der Waals surface area contributed by atoms with Crippen molar-refractivity contribution < 1.29 is 4.42 Å². The molecule has 3 heteroatoms. The molecule has 0 bridgehead atoms. The highest BCUT2D eigenvalue weighted by atomic mass is 32.1. The van der Waals surface area contributed by atoms with E-state index in [1.54, 1.807) is 0 Å². The molecule has 2 aliphatic carbocycles. The lowest BCUT2D eigenvalue weighted by Gasteiger charge is -2.46. The van der Waals surface area contributed by atoms with Gasteiger partial charge in [0.2, 0.25) is 0 Å². The second-order valence-corrected chi connectivity index (χ2v) is 18.3. The first kappa shape index (κ1) is 34.6. The molecule has 0 saturated carbocycles. The normalized spacial score (nSPS) is 14.3. The maximum Gasteiger partial charge on any atom is 0.137 e. The molecule has 0 radical (unpaired) electrons. The lowest BCUT2D eigenvalue weighted by atomic mass is 9.55. The molecule has 0 aliphatic heterocycles. The van der Waals surface area contributed by atoms with Crippen LogP contribution in [0.1, 0.15) is 47.2 Å². The molecular weight excluding hydrogens is 759 g/mol. The predicted octanol–water partition coefficient (Wildman–Crippen LogP) is 16.1. The molecule has 2 heterocycles. The van der Waals surface area contributed by atoms with E-state index in [2.05, 4.69) is 213 Å². The van der Waals surface area contributed by atoms with Gasteiger partial charge < -0.3 is 9.32 Å². The molecule has 0 unspecified atom stereocenters. The highest BCUT2D eigenvalue weighted by molar-refractivity contribution is 7.25. The van der Waals surface area contributed by atoms with Crippen LogP contribution in [0.2, 0.25) is 0 Å². The van der Waals surface area contributed by atoms with Gasteiger partial charge in [-0.25, -0.2) is 0 Å². The molecule has 1 spiro atoms. The monoisotopic (exact) mass is 797 g/mol. The van der Waals surface area contributed by atoms with E-state index in [0.717, 1.165) is 39.0 Å². The standard InChI is InChI=1S/C58H39NOS/c1-57(2)46-18-7-9-20-48(46)58(49-21-10-8-19-47(49)57)45-17-6-3-14-40(45)41-32-28-37(34-50(41)58)36-26-29-38(30-27-36)59(39-31-33-43-42-15-5-12-25-54(42)61-55(43)35-39)51-22-13-24-53-56(51)44-16-4-11-23-52(44)60-53/h3-35H,1-2H3. The molecule has 288 valence electrons. The Kier molecular flexibility index (Phi) is 7.19. The minimum atomic E-state index is -0.432. The Morgan fingerprint density at radius 2 is 1.00 bits per heavy atom. The summed E-state index contributed by atoms with van der Waals surface area (Å²) in [6.45, 7) is 4.77. The summed E-state index contributed by atoms with van der Waals surface area (Å²) in [4.78, 5) is 2.41. The molecule has 11 aromatic rings. The summed E-state index contributed by atoms with van der Waals surface area (Å²) in [5.41, 5.74) is 17.8. The molecule has 9 aromatic carbocycles. The van der Waals surface area contributed by atoms with E-state index in [4.69, 9.17) is 4.42 Å². The Morgan fingerprint density at radius 1 is 0.410 bits per heavy atom. The zero-order valence-electron chi connectivity index (χ0n) is 33.8. The minimum absolute atomic E-state index is 0.135.